The Balaban J connectivity index is 1.79. The minimum Gasteiger partial charge on any atom is -0.497 e. The third-order valence-corrected chi connectivity index (χ3v) is 5.34. The van der Waals surface area contributed by atoms with Crippen molar-refractivity contribution >= 4 is 5.91 Å². The molecule has 138 valence electrons. The molecule has 0 radical (unpaired) electrons. The van der Waals surface area contributed by atoms with E-state index in [0.29, 0.717) is 25.6 Å². The monoisotopic (exact) mass is 352 g/mol. The molecule has 4 heteroatoms. The molecule has 1 aliphatic rings. The van der Waals surface area contributed by atoms with Crippen LogP contribution in [0.2, 0.25) is 0 Å². The van der Waals surface area contributed by atoms with Gasteiger partial charge in [0.15, 0.2) is 0 Å². The third-order valence-electron chi connectivity index (χ3n) is 5.34. The van der Waals surface area contributed by atoms with Crippen molar-refractivity contribution in [2.45, 2.75) is 32.4 Å². The fraction of sp³-hybridized carbons (Fsp3) is 0.409. The van der Waals surface area contributed by atoms with E-state index >= 15 is 0 Å². The van der Waals surface area contributed by atoms with Crippen LogP contribution in [-0.4, -0.2) is 24.5 Å². The highest BCUT2D eigenvalue weighted by molar-refractivity contribution is 5.79. The number of carbonyl (C=O) groups is 1. The van der Waals surface area contributed by atoms with Gasteiger partial charge in [0.25, 0.3) is 0 Å². The molecule has 0 heterocycles. The SMILES string of the molecule is COc1ccc(CN(Cc2ccccc2)C(=O)[C@@H]2CCC[C@@H]2CN)cc1. The molecule has 1 saturated carbocycles. The average Bonchev–Trinajstić information content (AvgIpc) is 3.17. The molecule has 0 bridgehead atoms. The van der Waals surface area contributed by atoms with Crippen molar-refractivity contribution < 1.29 is 9.53 Å². The molecule has 0 saturated heterocycles. The van der Waals surface area contributed by atoms with Crippen LogP contribution in [0.3, 0.4) is 0 Å². The van der Waals surface area contributed by atoms with Crippen molar-refractivity contribution in [2.24, 2.45) is 17.6 Å². The highest BCUT2D eigenvalue weighted by Crippen LogP contribution is 2.33. The van der Waals surface area contributed by atoms with Crippen LogP contribution in [0.4, 0.5) is 0 Å². The van der Waals surface area contributed by atoms with Gasteiger partial charge in [0.05, 0.1) is 7.11 Å². The maximum atomic E-state index is 13.3. The van der Waals surface area contributed by atoms with E-state index in [1.165, 1.54) is 0 Å². The number of hydrogen-bond acceptors (Lipinski definition) is 3. The van der Waals surface area contributed by atoms with Crippen LogP contribution in [0, 0.1) is 11.8 Å². The first kappa shape index (κ1) is 18.5. The normalized spacial score (nSPS) is 19.3. The summed E-state index contributed by atoms with van der Waals surface area (Å²) in [4.78, 5) is 15.3. The van der Waals surface area contributed by atoms with Gasteiger partial charge in [-0.05, 0) is 48.6 Å². The number of rotatable bonds is 7. The predicted molar refractivity (Wildman–Crippen MR) is 104 cm³/mol. The first-order valence-corrected chi connectivity index (χ1v) is 9.37. The highest BCUT2D eigenvalue weighted by Gasteiger charge is 2.34. The standard InChI is InChI=1S/C22H28N2O2/c1-26-20-12-10-18(11-13-20)16-24(15-17-6-3-2-4-7-17)22(25)21-9-5-8-19(21)14-23/h2-4,6-7,10-13,19,21H,5,8-9,14-16,23H2,1H3/t19-,21-/m1/s1. The van der Waals surface area contributed by atoms with E-state index in [9.17, 15) is 4.79 Å². The van der Waals surface area contributed by atoms with E-state index in [-0.39, 0.29) is 11.8 Å². The van der Waals surface area contributed by atoms with Gasteiger partial charge in [-0.1, -0.05) is 48.9 Å². The van der Waals surface area contributed by atoms with Crippen molar-refractivity contribution in [3.8, 4) is 5.75 Å². The van der Waals surface area contributed by atoms with E-state index in [0.717, 1.165) is 36.1 Å². The topological polar surface area (TPSA) is 55.6 Å². The molecule has 2 atom stereocenters. The number of nitrogens with two attached hydrogens (primary N) is 1. The zero-order valence-electron chi connectivity index (χ0n) is 15.4. The number of ether oxygens (including phenoxy) is 1. The predicted octanol–water partition coefficient (Wildman–Crippen LogP) is 3.60. The molecule has 1 fully saturated rings. The van der Waals surface area contributed by atoms with Crippen molar-refractivity contribution in [3.63, 3.8) is 0 Å². The van der Waals surface area contributed by atoms with Gasteiger partial charge < -0.3 is 15.4 Å². The number of hydrogen-bond donors (Lipinski definition) is 1. The summed E-state index contributed by atoms with van der Waals surface area (Å²) in [6, 6.07) is 18.1. The molecule has 0 unspecified atom stereocenters. The fourth-order valence-electron chi connectivity index (χ4n) is 3.85. The van der Waals surface area contributed by atoms with Gasteiger partial charge in [0, 0.05) is 19.0 Å². The molecule has 3 rings (SSSR count). The molecule has 2 N–H and O–H groups in total. The van der Waals surface area contributed by atoms with E-state index in [1.807, 2.05) is 47.4 Å². The summed E-state index contributed by atoms with van der Waals surface area (Å²) in [5.74, 6) is 1.44. The molecule has 0 aliphatic heterocycles. The smallest absolute Gasteiger partial charge is 0.226 e. The second-order valence-corrected chi connectivity index (χ2v) is 7.06. The highest BCUT2D eigenvalue weighted by atomic mass is 16.5. The van der Waals surface area contributed by atoms with Crippen LogP contribution < -0.4 is 10.5 Å². The van der Waals surface area contributed by atoms with Gasteiger partial charge in [-0.3, -0.25) is 4.79 Å². The van der Waals surface area contributed by atoms with Crippen molar-refractivity contribution in [1.82, 2.24) is 4.90 Å². The molecule has 2 aromatic carbocycles. The second kappa shape index (κ2) is 8.86. The minimum absolute atomic E-state index is 0.0574. The lowest BCUT2D eigenvalue weighted by Crippen LogP contribution is -2.38. The summed E-state index contributed by atoms with van der Waals surface area (Å²) in [6.45, 7) is 1.82. The molecule has 0 spiro atoms. The Morgan fingerprint density at radius 2 is 1.69 bits per heavy atom. The Morgan fingerprint density at radius 3 is 2.31 bits per heavy atom. The van der Waals surface area contributed by atoms with Crippen molar-refractivity contribution in [2.75, 3.05) is 13.7 Å². The van der Waals surface area contributed by atoms with E-state index in [1.54, 1.807) is 7.11 Å². The zero-order chi connectivity index (χ0) is 18.4. The molecule has 26 heavy (non-hydrogen) atoms. The van der Waals surface area contributed by atoms with Gasteiger partial charge in [0.1, 0.15) is 5.75 Å². The van der Waals surface area contributed by atoms with Crippen LogP contribution in [0.25, 0.3) is 0 Å². The van der Waals surface area contributed by atoms with E-state index in [2.05, 4.69) is 12.1 Å². The Morgan fingerprint density at radius 1 is 1.04 bits per heavy atom. The Bertz CT molecular complexity index is 700. The second-order valence-electron chi connectivity index (χ2n) is 7.06. The number of benzene rings is 2. The molecular weight excluding hydrogens is 324 g/mol. The third kappa shape index (κ3) is 4.44. The lowest BCUT2D eigenvalue weighted by atomic mass is 9.94. The van der Waals surface area contributed by atoms with Crippen molar-refractivity contribution in [1.29, 1.82) is 0 Å². The molecule has 0 aromatic heterocycles. The van der Waals surface area contributed by atoms with E-state index < -0.39 is 0 Å². The average molecular weight is 352 g/mol. The van der Waals surface area contributed by atoms with Crippen LogP contribution in [-0.2, 0) is 17.9 Å². The lowest BCUT2D eigenvalue weighted by molar-refractivity contribution is -0.138. The summed E-state index contributed by atoms with van der Waals surface area (Å²) in [5, 5.41) is 0. The van der Waals surface area contributed by atoms with Gasteiger partial charge in [-0.2, -0.15) is 0 Å². The summed E-state index contributed by atoms with van der Waals surface area (Å²) >= 11 is 0. The van der Waals surface area contributed by atoms with Gasteiger partial charge in [0.2, 0.25) is 5.91 Å². The molecule has 1 aliphatic carbocycles. The zero-order valence-corrected chi connectivity index (χ0v) is 15.4. The quantitative estimate of drug-likeness (QED) is 0.828. The molecule has 4 nitrogen and oxygen atoms in total. The minimum atomic E-state index is 0.0574. The van der Waals surface area contributed by atoms with Crippen LogP contribution in [0.1, 0.15) is 30.4 Å². The first-order chi connectivity index (χ1) is 12.7. The van der Waals surface area contributed by atoms with Gasteiger partial charge in [-0.25, -0.2) is 0 Å². The van der Waals surface area contributed by atoms with Crippen molar-refractivity contribution in [3.05, 3.63) is 65.7 Å². The number of amides is 1. The maximum absolute atomic E-state index is 13.3. The van der Waals surface area contributed by atoms with Gasteiger partial charge >= 0.3 is 0 Å². The Kier molecular flexibility index (Phi) is 6.29. The number of nitrogens with zero attached hydrogens (tertiary/aromatic N) is 1. The summed E-state index contributed by atoms with van der Waals surface area (Å²) < 4.78 is 5.23. The maximum Gasteiger partial charge on any atom is 0.226 e. The van der Waals surface area contributed by atoms with Gasteiger partial charge in [-0.15, -0.1) is 0 Å². The van der Waals surface area contributed by atoms with Crippen LogP contribution >= 0.6 is 0 Å². The van der Waals surface area contributed by atoms with E-state index in [4.69, 9.17) is 10.5 Å². The Hall–Kier alpha value is -2.33. The first-order valence-electron chi connectivity index (χ1n) is 9.37. The molecule has 2 aromatic rings. The van der Waals surface area contributed by atoms with Crippen LogP contribution in [0.15, 0.2) is 54.6 Å². The summed E-state index contributed by atoms with van der Waals surface area (Å²) in [7, 11) is 1.66. The number of methoxy groups -OCH3 is 1. The Labute approximate surface area is 156 Å². The largest absolute Gasteiger partial charge is 0.497 e. The van der Waals surface area contributed by atoms with Crippen LogP contribution in [0.5, 0.6) is 5.75 Å². The number of carbonyl (C=O) groups excluding carboxylic acids is 1. The molecular formula is C22H28N2O2. The lowest BCUT2D eigenvalue weighted by Gasteiger charge is -2.28. The summed E-state index contributed by atoms with van der Waals surface area (Å²) in [5.41, 5.74) is 8.17. The summed E-state index contributed by atoms with van der Waals surface area (Å²) in [6.07, 6.45) is 3.11. The fourth-order valence-corrected chi connectivity index (χ4v) is 3.85. The molecule has 1 amide bonds.